The van der Waals surface area contributed by atoms with Crippen LogP contribution in [0.15, 0.2) is 109 Å². The fourth-order valence-electron chi connectivity index (χ4n) is 4.36. The molecule has 0 radical (unpaired) electrons. The van der Waals surface area contributed by atoms with Gasteiger partial charge in [0.1, 0.15) is 29.6 Å². The number of allylic oxidation sites excluding steroid dienone is 12. The maximum Gasteiger partial charge on any atom is 0.342 e. The molecule has 1 atom stereocenters. The van der Waals surface area contributed by atoms with Gasteiger partial charge in [0.15, 0.2) is 6.04 Å². The van der Waals surface area contributed by atoms with Crippen molar-refractivity contribution in [1.82, 2.24) is 5.32 Å². The van der Waals surface area contributed by atoms with E-state index in [4.69, 9.17) is 9.47 Å². The van der Waals surface area contributed by atoms with Crippen molar-refractivity contribution in [3.8, 4) is 16.9 Å². The van der Waals surface area contributed by atoms with Crippen LogP contribution in [0.3, 0.4) is 0 Å². The van der Waals surface area contributed by atoms with Gasteiger partial charge >= 0.3 is 17.9 Å². The highest BCUT2D eigenvalue weighted by Gasteiger charge is 2.24. The van der Waals surface area contributed by atoms with E-state index in [9.17, 15) is 33.1 Å². The average molecular weight is 690 g/mol. The quantitative estimate of drug-likeness (QED) is 0.0764. The van der Waals surface area contributed by atoms with Gasteiger partial charge < -0.3 is 19.9 Å². The summed E-state index contributed by atoms with van der Waals surface area (Å²) in [5.41, 5.74) is -0.171. The number of ether oxygens (including phenoxy) is 2. The number of rotatable bonds is 21. The van der Waals surface area contributed by atoms with Crippen molar-refractivity contribution in [1.29, 1.82) is 0 Å². The summed E-state index contributed by atoms with van der Waals surface area (Å²) in [5, 5.41) is 11.9. The number of benzene rings is 2. The molecule has 50 heavy (non-hydrogen) atoms. The van der Waals surface area contributed by atoms with Gasteiger partial charge in [-0.3, -0.25) is 9.59 Å². The summed E-state index contributed by atoms with van der Waals surface area (Å²) in [5.74, 6) is -5.69. The Morgan fingerprint density at radius 2 is 1.34 bits per heavy atom. The first-order valence-corrected chi connectivity index (χ1v) is 16.5. The number of esters is 2. The van der Waals surface area contributed by atoms with Crippen molar-refractivity contribution in [2.75, 3.05) is 6.61 Å². The molecule has 0 heterocycles. The van der Waals surface area contributed by atoms with E-state index in [-0.39, 0.29) is 28.9 Å². The second-order valence-electron chi connectivity index (χ2n) is 10.9. The highest BCUT2D eigenvalue weighted by atomic mass is 19.1. The lowest BCUT2D eigenvalue weighted by Gasteiger charge is -2.16. The fourth-order valence-corrected chi connectivity index (χ4v) is 4.36. The zero-order valence-electron chi connectivity index (χ0n) is 28.5. The molecule has 2 aromatic carbocycles. The molecule has 0 saturated heterocycles. The van der Waals surface area contributed by atoms with E-state index in [1.807, 2.05) is 18.2 Å². The maximum absolute atomic E-state index is 14.4. The molecule has 0 aromatic heterocycles. The Labute approximate surface area is 292 Å². The van der Waals surface area contributed by atoms with E-state index in [1.54, 1.807) is 0 Å². The van der Waals surface area contributed by atoms with Crippen LogP contribution in [0.25, 0.3) is 11.1 Å². The monoisotopic (exact) mass is 689 g/mol. The Kier molecular flexibility index (Phi) is 19.5. The number of halogens is 2. The summed E-state index contributed by atoms with van der Waals surface area (Å²) < 4.78 is 38.0. The third-order valence-corrected chi connectivity index (χ3v) is 6.84. The van der Waals surface area contributed by atoms with Crippen molar-refractivity contribution < 1.29 is 42.5 Å². The van der Waals surface area contributed by atoms with Crippen LogP contribution in [0, 0.1) is 11.6 Å². The molecule has 2 N–H and O–H groups in total. The fraction of sp³-hybridized carbons (Fsp3) is 0.300. The molecule has 0 bridgehead atoms. The predicted molar refractivity (Wildman–Crippen MR) is 190 cm³/mol. The first-order valence-electron chi connectivity index (χ1n) is 16.5. The lowest BCUT2D eigenvalue weighted by Crippen LogP contribution is -2.44. The minimum atomic E-state index is -1.55. The number of carboxylic acid groups (broad SMARTS) is 1. The number of hydrogen-bond acceptors (Lipinski definition) is 6. The van der Waals surface area contributed by atoms with Gasteiger partial charge in [0, 0.05) is 25.0 Å². The Bertz CT molecular complexity index is 1600. The minimum Gasteiger partial charge on any atom is -0.480 e. The molecule has 266 valence electrons. The van der Waals surface area contributed by atoms with Crippen LogP contribution < -0.4 is 10.1 Å². The highest BCUT2D eigenvalue weighted by Crippen LogP contribution is 2.29. The average Bonchev–Trinajstić information content (AvgIpc) is 3.07. The Morgan fingerprint density at radius 3 is 1.86 bits per heavy atom. The molecule has 8 nitrogen and oxygen atoms in total. The first kappa shape index (κ1) is 40.8. The molecular formula is C40H45F2NO7. The third-order valence-electron chi connectivity index (χ3n) is 6.84. The van der Waals surface area contributed by atoms with Gasteiger partial charge in [-0.25, -0.2) is 18.4 Å². The van der Waals surface area contributed by atoms with E-state index < -0.39 is 48.1 Å². The molecule has 0 spiro atoms. The molecular weight excluding hydrogens is 644 g/mol. The molecule has 10 heteroatoms. The summed E-state index contributed by atoms with van der Waals surface area (Å²) in [6.45, 7) is 2.50. The zero-order valence-corrected chi connectivity index (χ0v) is 28.5. The van der Waals surface area contributed by atoms with Crippen molar-refractivity contribution in [2.45, 2.75) is 71.3 Å². The van der Waals surface area contributed by atoms with Gasteiger partial charge in [0.2, 0.25) is 5.91 Å². The normalized spacial score (nSPS) is 12.6. The summed E-state index contributed by atoms with van der Waals surface area (Å²) in [6.07, 6.45) is 30.7. The topological polar surface area (TPSA) is 119 Å². The number of amides is 1. The minimum absolute atomic E-state index is 0.0156. The SMILES string of the molecule is CC/C=C\C/C=C\C/C=C\C/C=C\C/C=C\C/C=C\CCC(=O)NC(COC(=O)c1cc(-c2ccc(F)cc2F)ccc1OC(C)=O)C(=O)O. The summed E-state index contributed by atoms with van der Waals surface area (Å²) in [7, 11) is 0. The molecule has 1 unspecified atom stereocenters. The summed E-state index contributed by atoms with van der Waals surface area (Å²) in [6, 6.07) is 5.12. The van der Waals surface area contributed by atoms with Crippen LogP contribution in [0.1, 0.15) is 75.6 Å². The molecule has 2 rings (SSSR count). The van der Waals surface area contributed by atoms with Crippen molar-refractivity contribution >= 4 is 23.8 Å². The molecule has 0 aliphatic rings. The zero-order chi connectivity index (χ0) is 36.6. The van der Waals surface area contributed by atoms with Gasteiger partial charge in [-0.1, -0.05) is 85.9 Å². The number of carbonyl (C=O) groups excluding carboxylic acids is 3. The molecule has 0 fully saturated rings. The van der Waals surface area contributed by atoms with Crippen molar-refractivity contribution in [3.05, 3.63) is 127 Å². The van der Waals surface area contributed by atoms with E-state index in [0.717, 1.165) is 45.1 Å². The van der Waals surface area contributed by atoms with Crippen LogP contribution in [0.4, 0.5) is 8.78 Å². The lowest BCUT2D eigenvalue weighted by atomic mass is 10.0. The molecule has 0 saturated carbocycles. The van der Waals surface area contributed by atoms with Crippen molar-refractivity contribution in [3.63, 3.8) is 0 Å². The van der Waals surface area contributed by atoms with E-state index in [1.165, 1.54) is 24.3 Å². The van der Waals surface area contributed by atoms with Gasteiger partial charge in [0.25, 0.3) is 0 Å². The Hall–Kier alpha value is -5.38. The second kappa shape index (κ2) is 23.9. The third kappa shape index (κ3) is 16.6. The highest BCUT2D eigenvalue weighted by molar-refractivity contribution is 5.95. The van der Waals surface area contributed by atoms with Crippen molar-refractivity contribution in [2.24, 2.45) is 0 Å². The van der Waals surface area contributed by atoms with Gasteiger partial charge in [-0.15, -0.1) is 0 Å². The van der Waals surface area contributed by atoms with Gasteiger partial charge in [0.05, 0.1) is 0 Å². The Morgan fingerprint density at radius 1 is 0.780 bits per heavy atom. The van der Waals surface area contributed by atoms with E-state index >= 15 is 0 Å². The standard InChI is InChI=1S/C40H45F2NO7/c1-3-4-5-6-7-8-9-10-11-12-13-14-15-16-17-18-19-20-21-22-38(45)43-36(39(46)47)29-49-40(48)34-27-31(23-26-37(34)50-30(2)44)33-25-24-32(41)28-35(33)42/h4-5,7-8,10-11,13-14,16-17,19-20,23-28,36H,3,6,9,12,15,18,21-22,29H2,1-2H3,(H,43,45)(H,46,47)/b5-4-,8-7-,11-10-,14-13-,17-16-,20-19-. The number of hydrogen-bond donors (Lipinski definition) is 2. The van der Waals surface area contributed by atoms with Crippen LogP contribution in [-0.2, 0) is 19.1 Å². The predicted octanol–water partition coefficient (Wildman–Crippen LogP) is 8.76. The number of aliphatic carboxylic acids is 1. The second-order valence-corrected chi connectivity index (χ2v) is 10.9. The molecule has 0 aliphatic heterocycles. The van der Waals surface area contributed by atoms with Crippen LogP contribution >= 0.6 is 0 Å². The van der Waals surface area contributed by atoms with Crippen LogP contribution in [0.2, 0.25) is 0 Å². The van der Waals surface area contributed by atoms with Gasteiger partial charge in [-0.2, -0.15) is 0 Å². The number of carboxylic acids is 1. The van der Waals surface area contributed by atoms with E-state index in [0.29, 0.717) is 18.9 Å². The largest absolute Gasteiger partial charge is 0.480 e. The van der Waals surface area contributed by atoms with Crippen LogP contribution in [0.5, 0.6) is 5.75 Å². The molecule has 2 aromatic rings. The van der Waals surface area contributed by atoms with Gasteiger partial charge in [-0.05, 0) is 74.8 Å². The van der Waals surface area contributed by atoms with Crippen LogP contribution in [-0.4, -0.2) is 41.6 Å². The molecule has 0 aliphatic carbocycles. The van der Waals surface area contributed by atoms with E-state index in [2.05, 4.69) is 66.9 Å². The summed E-state index contributed by atoms with van der Waals surface area (Å²) in [4.78, 5) is 48.7. The Balaban J connectivity index is 1.78. The maximum atomic E-state index is 14.4. The lowest BCUT2D eigenvalue weighted by molar-refractivity contribution is -0.143. The number of carbonyl (C=O) groups is 4. The number of nitrogens with one attached hydrogen (secondary N) is 1. The smallest absolute Gasteiger partial charge is 0.342 e. The molecule has 1 amide bonds. The summed E-state index contributed by atoms with van der Waals surface area (Å²) >= 11 is 0. The first-order chi connectivity index (χ1) is 24.1.